The van der Waals surface area contributed by atoms with Gasteiger partial charge in [-0.2, -0.15) is 0 Å². The number of benzene rings is 2. The van der Waals surface area contributed by atoms with Crippen LogP contribution < -0.4 is 9.80 Å². The predicted molar refractivity (Wildman–Crippen MR) is 117 cm³/mol. The summed E-state index contributed by atoms with van der Waals surface area (Å²) in [5.41, 5.74) is 6.91. The first-order valence-corrected chi connectivity index (χ1v) is 9.81. The zero-order valence-electron chi connectivity index (χ0n) is 18.0. The molecule has 1 heterocycles. The highest BCUT2D eigenvalue weighted by Gasteiger charge is 2.38. The van der Waals surface area contributed by atoms with Gasteiger partial charge in [-0.1, -0.05) is 19.9 Å². The zero-order valence-corrected chi connectivity index (χ0v) is 18.0. The molecule has 2 aromatic carbocycles. The van der Waals surface area contributed by atoms with E-state index in [0.29, 0.717) is 12.0 Å². The van der Waals surface area contributed by atoms with Crippen molar-refractivity contribution in [1.29, 1.82) is 0 Å². The van der Waals surface area contributed by atoms with Gasteiger partial charge in [0.05, 0.1) is 0 Å². The Bertz CT molecular complexity index is 942. The number of nitrogens with zero attached hydrogens (tertiary/aromatic N) is 2. The molecule has 0 atom stereocenters. The van der Waals surface area contributed by atoms with Crippen molar-refractivity contribution in [2.24, 2.45) is 0 Å². The van der Waals surface area contributed by atoms with Gasteiger partial charge in [-0.05, 0) is 61.7 Å². The summed E-state index contributed by atoms with van der Waals surface area (Å²) >= 11 is 0. The van der Waals surface area contributed by atoms with Crippen molar-refractivity contribution in [2.75, 3.05) is 23.9 Å². The largest absolute Gasteiger partial charge is 0.377 e. The number of anilines is 2. The summed E-state index contributed by atoms with van der Waals surface area (Å²) in [4.78, 5) is 28.3. The van der Waals surface area contributed by atoms with Crippen LogP contribution in [0.15, 0.2) is 30.3 Å². The molecule has 0 unspecified atom stereocenters. The number of amides is 1. The van der Waals surface area contributed by atoms with Crippen molar-refractivity contribution in [3.05, 3.63) is 47.0 Å². The van der Waals surface area contributed by atoms with Gasteiger partial charge in [-0.25, -0.2) is 0 Å². The van der Waals surface area contributed by atoms with Crippen LogP contribution in [0.4, 0.5) is 11.4 Å². The van der Waals surface area contributed by atoms with Gasteiger partial charge in [0.25, 0.3) is 0 Å². The van der Waals surface area contributed by atoms with Crippen LogP contribution in [0.1, 0.15) is 55.6 Å². The maximum absolute atomic E-state index is 12.9. The number of hydrogen-bond acceptors (Lipinski definition) is 3. The summed E-state index contributed by atoms with van der Waals surface area (Å²) in [5, 5.41) is 0. The van der Waals surface area contributed by atoms with E-state index in [1.54, 1.807) is 0 Å². The number of hydrogen-bond donors (Lipinski definition) is 0. The first-order valence-electron chi connectivity index (χ1n) is 9.81. The molecule has 1 aliphatic rings. The van der Waals surface area contributed by atoms with Gasteiger partial charge in [0.2, 0.25) is 5.91 Å². The Balaban J connectivity index is 2.32. The Labute approximate surface area is 168 Å². The second-order valence-corrected chi connectivity index (χ2v) is 8.89. The minimum atomic E-state index is -0.198. The van der Waals surface area contributed by atoms with Crippen molar-refractivity contribution in [2.45, 2.75) is 52.5 Å². The van der Waals surface area contributed by atoms with E-state index in [1.807, 2.05) is 37.2 Å². The van der Waals surface area contributed by atoms with E-state index in [-0.39, 0.29) is 17.4 Å². The van der Waals surface area contributed by atoms with E-state index in [9.17, 15) is 9.59 Å². The predicted octanol–water partition coefficient (Wildman–Crippen LogP) is 4.96. The Morgan fingerprint density at radius 2 is 1.79 bits per heavy atom. The molecular weight excluding hydrogens is 348 g/mol. The third-order valence-electron chi connectivity index (χ3n) is 5.64. The summed E-state index contributed by atoms with van der Waals surface area (Å²) in [7, 11) is 4.00. The third kappa shape index (κ3) is 3.32. The topological polar surface area (TPSA) is 40.6 Å². The molecule has 0 fully saturated rings. The lowest BCUT2D eigenvalue weighted by atomic mass is 9.75. The average molecular weight is 379 g/mol. The van der Waals surface area contributed by atoms with Crippen LogP contribution in [-0.4, -0.2) is 32.3 Å². The lowest BCUT2D eigenvalue weighted by Gasteiger charge is -2.41. The molecule has 1 amide bonds. The number of carbonyl (C=O) groups excluding carboxylic acids is 2. The van der Waals surface area contributed by atoms with Crippen LogP contribution in [-0.2, 0) is 10.2 Å². The van der Waals surface area contributed by atoms with Gasteiger partial charge in [0.15, 0.2) is 0 Å². The second kappa shape index (κ2) is 7.08. The van der Waals surface area contributed by atoms with Gasteiger partial charge >= 0.3 is 0 Å². The molecule has 28 heavy (non-hydrogen) atoms. The third-order valence-corrected chi connectivity index (χ3v) is 5.64. The van der Waals surface area contributed by atoms with Crippen molar-refractivity contribution in [3.63, 3.8) is 0 Å². The lowest BCUT2D eigenvalue weighted by Crippen LogP contribution is -2.45. The number of rotatable bonds is 4. The first kappa shape index (κ1) is 20.1. The van der Waals surface area contributed by atoms with E-state index >= 15 is 0 Å². The maximum Gasteiger partial charge on any atom is 0.228 e. The summed E-state index contributed by atoms with van der Waals surface area (Å²) in [6, 6.07) is 10.2. The van der Waals surface area contributed by atoms with Crippen molar-refractivity contribution < 1.29 is 9.59 Å². The Morgan fingerprint density at radius 3 is 2.36 bits per heavy atom. The van der Waals surface area contributed by atoms with Gasteiger partial charge in [0.1, 0.15) is 6.29 Å². The smallest absolute Gasteiger partial charge is 0.228 e. The monoisotopic (exact) mass is 378 g/mol. The standard InChI is InChI=1S/C24H30N2O2/c1-15(2)26-22-12-18(16(3)10-20(22)24(4,5)13-23(26)28)19-11-17(14-27)8-9-21(19)25(6)7/h8-12,14-15H,13H2,1-7H3. The molecule has 0 aliphatic carbocycles. The molecule has 0 spiro atoms. The Morgan fingerprint density at radius 1 is 1.11 bits per heavy atom. The maximum atomic E-state index is 12.9. The summed E-state index contributed by atoms with van der Waals surface area (Å²) in [6.45, 7) is 10.5. The zero-order chi connectivity index (χ0) is 20.8. The van der Waals surface area contributed by atoms with Crippen LogP contribution in [0, 0.1) is 6.92 Å². The minimum absolute atomic E-state index is 0.0903. The van der Waals surface area contributed by atoms with Gasteiger partial charge in [0, 0.05) is 54.5 Å². The normalized spacial score (nSPS) is 15.6. The number of aldehydes is 1. The lowest BCUT2D eigenvalue weighted by molar-refractivity contribution is -0.120. The molecule has 0 radical (unpaired) electrons. The Kier molecular flexibility index (Phi) is 5.09. The molecule has 1 aliphatic heterocycles. The van der Waals surface area contributed by atoms with E-state index in [0.717, 1.165) is 34.4 Å². The molecule has 2 aromatic rings. The number of carbonyl (C=O) groups is 2. The van der Waals surface area contributed by atoms with Crippen molar-refractivity contribution >= 4 is 23.6 Å². The van der Waals surface area contributed by atoms with Gasteiger partial charge in [-0.3, -0.25) is 9.59 Å². The molecule has 148 valence electrons. The van der Waals surface area contributed by atoms with Crippen LogP contribution in [0.3, 0.4) is 0 Å². The fourth-order valence-electron chi connectivity index (χ4n) is 4.22. The summed E-state index contributed by atoms with van der Waals surface area (Å²) in [5.74, 6) is 0.164. The number of aryl methyl sites for hydroxylation is 1. The van der Waals surface area contributed by atoms with Crippen LogP contribution in [0.2, 0.25) is 0 Å². The van der Waals surface area contributed by atoms with Crippen LogP contribution in [0.5, 0.6) is 0 Å². The van der Waals surface area contributed by atoms with Gasteiger partial charge in [-0.15, -0.1) is 0 Å². The summed E-state index contributed by atoms with van der Waals surface area (Å²) in [6.07, 6.45) is 1.39. The minimum Gasteiger partial charge on any atom is -0.377 e. The fraction of sp³-hybridized carbons (Fsp3) is 0.417. The average Bonchev–Trinajstić information content (AvgIpc) is 2.60. The second-order valence-electron chi connectivity index (χ2n) is 8.89. The summed E-state index contributed by atoms with van der Waals surface area (Å²) < 4.78 is 0. The molecule has 0 bridgehead atoms. The van der Waals surface area contributed by atoms with Crippen molar-refractivity contribution in [3.8, 4) is 11.1 Å². The molecule has 0 saturated carbocycles. The molecule has 4 heteroatoms. The van der Waals surface area contributed by atoms with Crippen LogP contribution in [0.25, 0.3) is 11.1 Å². The number of fused-ring (bicyclic) bond motifs is 1. The van der Waals surface area contributed by atoms with E-state index < -0.39 is 0 Å². The highest BCUT2D eigenvalue weighted by atomic mass is 16.2. The molecule has 0 saturated heterocycles. The molecule has 4 nitrogen and oxygen atoms in total. The van der Waals surface area contributed by atoms with E-state index in [4.69, 9.17) is 0 Å². The molecular formula is C24H30N2O2. The first-order chi connectivity index (χ1) is 13.1. The fourth-order valence-corrected chi connectivity index (χ4v) is 4.22. The molecule has 0 N–H and O–H groups in total. The SMILES string of the molecule is Cc1cc2c(cc1-c1cc(C=O)ccc1N(C)C)N(C(C)C)C(=O)CC2(C)C. The van der Waals surface area contributed by atoms with Gasteiger partial charge < -0.3 is 9.80 Å². The highest BCUT2D eigenvalue weighted by Crippen LogP contribution is 2.45. The highest BCUT2D eigenvalue weighted by molar-refractivity contribution is 6.00. The Hall–Kier alpha value is -2.62. The molecule has 3 rings (SSSR count). The van der Waals surface area contributed by atoms with E-state index in [2.05, 4.69) is 51.7 Å². The molecule has 0 aromatic heterocycles. The quantitative estimate of drug-likeness (QED) is 0.706. The van der Waals surface area contributed by atoms with Crippen LogP contribution >= 0.6 is 0 Å². The van der Waals surface area contributed by atoms with E-state index in [1.165, 1.54) is 5.56 Å². The van der Waals surface area contributed by atoms with Crippen molar-refractivity contribution in [1.82, 2.24) is 0 Å².